The van der Waals surface area contributed by atoms with Gasteiger partial charge >= 0.3 is 0 Å². The zero-order chi connectivity index (χ0) is 23.6. The van der Waals surface area contributed by atoms with Crippen molar-refractivity contribution in [2.45, 2.75) is 32.9 Å². The Morgan fingerprint density at radius 3 is 2.27 bits per heavy atom. The molecule has 3 aromatic rings. The minimum atomic E-state index is -0.684. The van der Waals surface area contributed by atoms with Crippen molar-refractivity contribution in [2.24, 2.45) is 0 Å². The Morgan fingerprint density at radius 1 is 0.939 bits per heavy atom. The second-order valence-corrected chi connectivity index (χ2v) is 8.24. The SMILES string of the molecule is CCNC(=O)[C@H](Cc1ccccc1)N(Cc1ccc(Cl)cc1)C(=O)COc1ccccc1C. The second-order valence-electron chi connectivity index (χ2n) is 7.80. The fraction of sp³-hybridized carbons (Fsp3) is 0.259. The number of benzene rings is 3. The largest absolute Gasteiger partial charge is 0.484 e. The van der Waals surface area contributed by atoms with Crippen LogP contribution in [0.1, 0.15) is 23.6 Å². The summed E-state index contributed by atoms with van der Waals surface area (Å²) in [5.41, 5.74) is 2.80. The van der Waals surface area contributed by atoms with Gasteiger partial charge in [-0.3, -0.25) is 9.59 Å². The van der Waals surface area contributed by atoms with Crippen LogP contribution in [-0.4, -0.2) is 35.9 Å². The minimum absolute atomic E-state index is 0.164. The number of amides is 2. The monoisotopic (exact) mass is 464 g/mol. The number of aryl methyl sites for hydroxylation is 1. The summed E-state index contributed by atoms with van der Waals surface area (Å²) < 4.78 is 5.83. The Morgan fingerprint density at radius 2 is 1.61 bits per heavy atom. The summed E-state index contributed by atoms with van der Waals surface area (Å²) in [5, 5.41) is 3.50. The normalized spacial score (nSPS) is 11.5. The van der Waals surface area contributed by atoms with E-state index in [1.54, 1.807) is 17.0 Å². The predicted molar refractivity (Wildman–Crippen MR) is 131 cm³/mol. The first-order valence-corrected chi connectivity index (χ1v) is 11.4. The first-order chi connectivity index (χ1) is 16.0. The van der Waals surface area contributed by atoms with E-state index in [2.05, 4.69) is 5.32 Å². The van der Waals surface area contributed by atoms with Gasteiger partial charge in [0.25, 0.3) is 5.91 Å². The number of rotatable bonds is 10. The summed E-state index contributed by atoms with van der Waals surface area (Å²) in [6.45, 7) is 4.38. The lowest BCUT2D eigenvalue weighted by molar-refractivity contribution is -0.142. The third-order valence-corrected chi connectivity index (χ3v) is 5.58. The fourth-order valence-corrected chi connectivity index (χ4v) is 3.70. The molecule has 0 saturated heterocycles. The molecule has 3 aromatic carbocycles. The quantitative estimate of drug-likeness (QED) is 0.468. The number of likely N-dealkylation sites (N-methyl/N-ethyl adjacent to an activating group) is 1. The van der Waals surface area contributed by atoms with Crippen LogP contribution < -0.4 is 10.1 Å². The molecule has 0 fully saturated rings. The molecular weight excluding hydrogens is 436 g/mol. The third-order valence-electron chi connectivity index (χ3n) is 5.33. The number of ether oxygens (including phenoxy) is 1. The second kappa shape index (κ2) is 12.1. The molecule has 0 radical (unpaired) electrons. The highest BCUT2D eigenvalue weighted by Gasteiger charge is 2.30. The van der Waals surface area contributed by atoms with Crippen LogP contribution in [-0.2, 0) is 22.6 Å². The molecule has 3 rings (SSSR count). The van der Waals surface area contributed by atoms with E-state index in [4.69, 9.17) is 16.3 Å². The van der Waals surface area contributed by atoms with Gasteiger partial charge in [-0.2, -0.15) is 0 Å². The number of nitrogens with zero attached hydrogens (tertiary/aromatic N) is 1. The van der Waals surface area contributed by atoms with Crippen LogP contribution in [0.25, 0.3) is 0 Å². The topological polar surface area (TPSA) is 58.6 Å². The molecule has 0 bridgehead atoms. The molecule has 1 N–H and O–H groups in total. The van der Waals surface area contributed by atoms with Gasteiger partial charge in [-0.05, 0) is 48.7 Å². The Labute approximate surface area is 200 Å². The predicted octanol–water partition coefficient (Wildman–Crippen LogP) is 4.80. The highest BCUT2D eigenvalue weighted by molar-refractivity contribution is 6.30. The van der Waals surface area contributed by atoms with Crippen LogP contribution in [0.5, 0.6) is 5.75 Å². The van der Waals surface area contributed by atoms with Crippen molar-refractivity contribution in [3.8, 4) is 5.75 Å². The van der Waals surface area contributed by atoms with Gasteiger partial charge in [-0.1, -0.05) is 72.3 Å². The molecule has 0 aliphatic carbocycles. The maximum atomic E-state index is 13.4. The molecule has 0 aromatic heterocycles. The van der Waals surface area contributed by atoms with Crippen LogP contribution in [0, 0.1) is 6.92 Å². The van der Waals surface area contributed by atoms with Gasteiger partial charge in [0.1, 0.15) is 11.8 Å². The zero-order valence-electron chi connectivity index (χ0n) is 19.0. The molecular formula is C27H29ClN2O3. The summed E-state index contributed by atoms with van der Waals surface area (Å²) >= 11 is 6.04. The van der Waals surface area contributed by atoms with Gasteiger partial charge in [0.05, 0.1) is 0 Å². The van der Waals surface area contributed by atoms with Gasteiger partial charge in [0.15, 0.2) is 6.61 Å². The number of carbonyl (C=O) groups is 2. The van der Waals surface area contributed by atoms with Gasteiger partial charge < -0.3 is 15.0 Å². The van der Waals surface area contributed by atoms with Crippen LogP contribution in [0.3, 0.4) is 0 Å². The number of carbonyl (C=O) groups excluding carboxylic acids is 2. The average molecular weight is 465 g/mol. The van der Waals surface area contributed by atoms with E-state index in [-0.39, 0.29) is 25.0 Å². The highest BCUT2D eigenvalue weighted by Crippen LogP contribution is 2.19. The van der Waals surface area contributed by atoms with Crippen LogP contribution >= 0.6 is 11.6 Å². The van der Waals surface area contributed by atoms with E-state index in [1.807, 2.05) is 80.6 Å². The molecule has 1 atom stereocenters. The lowest BCUT2D eigenvalue weighted by Crippen LogP contribution is -2.51. The van der Waals surface area contributed by atoms with Crippen molar-refractivity contribution in [3.63, 3.8) is 0 Å². The minimum Gasteiger partial charge on any atom is -0.484 e. The van der Waals surface area contributed by atoms with Gasteiger partial charge in [0, 0.05) is 24.5 Å². The van der Waals surface area contributed by atoms with Crippen molar-refractivity contribution in [1.29, 1.82) is 0 Å². The molecule has 0 saturated carbocycles. The maximum Gasteiger partial charge on any atom is 0.261 e. The van der Waals surface area contributed by atoms with Gasteiger partial charge in [0.2, 0.25) is 5.91 Å². The van der Waals surface area contributed by atoms with E-state index in [1.165, 1.54) is 0 Å². The van der Waals surface area contributed by atoms with Gasteiger partial charge in [-0.15, -0.1) is 0 Å². The van der Waals surface area contributed by atoms with E-state index in [0.29, 0.717) is 23.7 Å². The summed E-state index contributed by atoms with van der Waals surface area (Å²) in [6.07, 6.45) is 0.399. The number of para-hydroxylation sites is 1. The van der Waals surface area contributed by atoms with Crippen molar-refractivity contribution in [1.82, 2.24) is 10.2 Å². The molecule has 5 nitrogen and oxygen atoms in total. The van der Waals surface area contributed by atoms with Crippen molar-refractivity contribution >= 4 is 23.4 Å². The lowest BCUT2D eigenvalue weighted by atomic mass is 10.0. The van der Waals surface area contributed by atoms with Gasteiger partial charge in [-0.25, -0.2) is 0 Å². The fourth-order valence-electron chi connectivity index (χ4n) is 3.57. The Balaban J connectivity index is 1.89. The number of hydrogen-bond acceptors (Lipinski definition) is 3. The Kier molecular flexibility index (Phi) is 8.90. The zero-order valence-corrected chi connectivity index (χ0v) is 19.7. The molecule has 0 spiro atoms. The van der Waals surface area contributed by atoms with E-state index < -0.39 is 6.04 Å². The molecule has 0 unspecified atom stereocenters. The summed E-state index contributed by atoms with van der Waals surface area (Å²) in [6, 6.07) is 23.8. The maximum absolute atomic E-state index is 13.4. The van der Waals surface area contributed by atoms with Crippen LogP contribution in [0.4, 0.5) is 0 Å². The molecule has 172 valence electrons. The molecule has 33 heavy (non-hydrogen) atoms. The average Bonchev–Trinajstić information content (AvgIpc) is 2.82. The standard InChI is InChI=1S/C27H29ClN2O3/c1-3-29-27(32)24(17-21-10-5-4-6-11-21)30(18-22-13-15-23(28)16-14-22)26(31)19-33-25-12-8-7-9-20(25)2/h4-16,24H,3,17-19H2,1-2H3,(H,29,32)/t24-/m0/s1. The molecule has 0 aliphatic rings. The van der Waals surface area contributed by atoms with Crippen molar-refractivity contribution in [3.05, 3.63) is 101 Å². The first-order valence-electron chi connectivity index (χ1n) is 11.0. The highest BCUT2D eigenvalue weighted by atomic mass is 35.5. The smallest absolute Gasteiger partial charge is 0.261 e. The number of hydrogen-bond donors (Lipinski definition) is 1. The summed E-state index contributed by atoms with van der Waals surface area (Å²) in [5.74, 6) is 0.190. The number of halogens is 1. The molecule has 0 aliphatic heterocycles. The molecule has 6 heteroatoms. The Hall–Kier alpha value is -3.31. The summed E-state index contributed by atoms with van der Waals surface area (Å²) in [7, 11) is 0. The van der Waals surface area contributed by atoms with Crippen molar-refractivity contribution in [2.75, 3.05) is 13.2 Å². The molecule has 0 heterocycles. The van der Waals surface area contributed by atoms with Crippen molar-refractivity contribution < 1.29 is 14.3 Å². The summed E-state index contributed by atoms with van der Waals surface area (Å²) in [4.78, 5) is 28.1. The lowest BCUT2D eigenvalue weighted by Gasteiger charge is -2.31. The third kappa shape index (κ3) is 7.09. The molecule has 2 amide bonds. The van der Waals surface area contributed by atoms with E-state index >= 15 is 0 Å². The first kappa shape index (κ1) is 24.3. The van der Waals surface area contributed by atoms with Crippen LogP contribution in [0.2, 0.25) is 5.02 Å². The number of nitrogens with one attached hydrogen (secondary N) is 1. The van der Waals surface area contributed by atoms with E-state index in [0.717, 1.165) is 16.7 Å². The van der Waals surface area contributed by atoms with Crippen LogP contribution in [0.15, 0.2) is 78.9 Å². The Bertz CT molecular complexity index is 1050. The van der Waals surface area contributed by atoms with E-state index in [9.17, 15) is 9.59 Å².